The number of aryl methyl sites for hydroxylation is 1. The maximum Gasteiger partial charge on any atom is 0.330 e. The van der Waals surface area contributed by atoms with Crippen molar-refractivity contribution in [2.45, 2.75) is 31.0 Å². The summed E-state index contributed by atoms with van der Waals surface area (Å²) in [6.45, 7) is 0.738. The number of nitrogens with zero attached hydrogens (tertiary/aromatic N) is 1. The standard InChI is InChI=1S/C12H14N2O6/c1-3-12(5-15)8(17)7(16)10(20-12)14-4-6(2)9(18)13-11(14)19/h1,4,7-8,10,15-17H,5H2,2H3,(H,13,18,19)/t7?,8-,10-,12-/m1/s1. The van der Waals surface area contributed by atoms with Crippen LogP contribution >= 0.6 is 0 Å². The van der Waals surface area contributed by atoms with Crippen LogP contribution in [0.4, 0.5) is 0 Å². The summed E-state index contributed by atoms with van der Waals surface area (Å²) >= 11 is 0. The lowest BCUT2D eigenvalue weighted by Gasteiger charge is -2.23. The third kappa shape index (κ3) is 1.97. The minimum Gasteiger partial charge on any atom is -0.392 e. The molecule has 108 valence electrons. The molecule has 0 amide bonds. The number of hydrogen-bond donors (Lipinski definition) is 4. The first kappa shape index (κ1) is 14.5. The van der Waals surface area contributed by atoms with Gasteiger partial charge in [0.2, 0.25) is 0 Å². The molecule has 4 atom stereocenters. The SMILES string of the molecule is C#C[C@]1(CO)O[C@@H](n2cc(C)c(=O)[nH]c2=O)C(O)[C@H]1O. The Balaban J connectivity index is 2.51. The minimum atomic E-state index is -1.80. The number of ether oxygens (including phenoxy) is 1. The molecule has 8 nitrogen and oxygen atoms in total. The van der Waals surface area contributed by atoms with Crippen molar-refractivity contribution in [1.29, 1.82) is 0 Å². The van der Waals surface area contributed by atoms with Crippen LogP contribution in [0.5, 0.6) is 0 Å². The molecule has 1 aromatic heterocycles. The highest BCUT2D eigenvalue weighted by Gasteiger charge is 2.54. The molecular formula is C12H14N2O6. The van der Waals surface area contributed by atoms with E-state index in [9.17, 15) is 24.9 Å². The topological polar surface area (TPSA) is 125 Å². The Hall–Kier alpha value is -1.92. The van der Waals surface area contributed by atoms with Crippen molar-refractivity contribution < 1.29 is 20.1 Å². The van der Waals surface area contributed by atoms with Gasteiger partial charge in [0.05, 0.1) is 6.61 Å². The van der Waals surface area contributed by atoms with E-state index in [0.29, 0.717) is 0 Å². The normalized spacial score (nSPS) is 33.0. The summed E-state index contributed by atoms with van der Waals surface area (Å²) in [6.07, 6.45) is 2.00. The van der Waals surface area contributed by atoms with Crippen LogP contribution in [0.2, 0.25) is 0 Å². The van der Waals surface area contributed by atoms with E-state index in [2.05, 4.69) is 5.92 Å². The van der Waals surface area contributed by atoms with E-state index < -0.39 is 41.9 Å². The van der Waals surface area contributed by atoms with E-state index in [-0.39, 0.29) is 5.56 Å². The number of rotatable bonds is 2. The van der Waals surface area contributed by atoms with Crippen molar-refractivity contribution >= 4 is 0 Å². The fourth-order valence-corrected chi connectivity index (χ4v) is 2.08. The summed E-state index contributed by atoms with van der Waals surface area (Å²) < 4.78 is 6.20. The van der Waals surface area contributed by atoms with E-state index in [0.717, 1.165) is 4.57 Å². The third-order valence-electron chi connectivity index (χ3n) is 3.32. The Bertz CT molecular complexity index is 672. The molecular weight excluding hydrogens is 268 g/mol. The third-order valence-corrected chi connectivity index (χ3v) is 3.32. The highest BCUT2D eigenvalue weighted by Crippen LogP contribution is 2.35. The summed E-state index contributed by atoms with van der Waals surface area (Å²) in [5.74, 6) is 2.08. The zero-order valence-electron chi connectivity index (χ0n) is 10.6. The second-order valence-electron chi connectivity index (χ2n) is 4.61. The molecule has 0 radical (unpaired) electrons. The number of nitrogens with one attached hydrogen (secondary N) is 1. The Morgan fingerprint density at radius 2 is 2.20 bits per heavy atom. The average Bonchev–Trinajstić information content (AvgIpc) is 2.68. The van der Waals surface area contributed by atoms with Gasteiger partial charge < -0.3 is 20.1 Å². The number of terminal acetylenes is 1. The molecule has 8 heteroatoms. The summed E-state index contributed by atoms with van der Waals surface area (Å²) in [5.41, 5.74) is -2.96. The van der Waals surface area contributed by atoms with Gasteiger partial charge in [-0.15, -0.1) is 6.42 Å². The Labute approximate surface area is 113 Å². The maximum absolute atomic E-state index is 11.7. The van der Waals surface area contributed by atoms with Crippen LogP contribution in [-0.4, -0.2) is 49.3 Å². The molecule has 4 N–H and O–H groups in total. The molecule has 1 aliphatic rings. The van der Waals surface area contributed by atoms with E-state index in [1.807, 2.05) is 4.98 Å². The summed E-state index contributed by atoms with van der Waals surface area (Å²) in [7, 11) is 0. The average molecular weight is 282 g/mol. The van der Waals surface area contributed by atoms with Crippen LogP contribution in [0.25, 0.3) is 0 Å². The molecule has 1 saturated heterocycles. The second kappa shape index (κ2) is 4.88. The Kier molecular flexibility index (Phi) is 3.54. The van der Waals surface area contributed by atoms with Gasteiger partial charge in [0.1, 0.15) is 12.2 Å². The first-order valence-corrected chi connectivity index (χ1v) is 5.81. The van der Waals surface area contributed by atoms with Crippen LogP contribution < -0.4 is 11.2 Å². The van der Waals surface area contributed by atoms with Gasteiger partial charge in [-0.05, 0) is 6.92 Å². The highest BCUT2D eigenvalue weighted by atomic mass is 16.6. The number of aliphatic hydroxyl groups is 3. The van der Waals surface area contributed by atoms with Crippen LogP contribution in [0.1, 0.15) is 11.8 Å². The second-order valence-corrected chi connectivity index (χ2v) is 4.61. The largest absolute Gasteiger partial charge is 0.392 e. The van der Waals surface area contributed by atoms with E-state index in [1.54, 1.807) is 0 Å². The lowest BCUT2D eigenvalue weighted by molar-refractivity contribution is -0.0937. The lowest BCUT2D eigenvalue weighted by Crippen LogP contribution is -2.45. The van der Waals surface area contributed by atoms with Crippen molar-refractivity contribution in [1.82, 2.24) is 9.55 Å². The predicted octanol–water partition coefficient (Wildman–Crippen LogP) is -2.54. The highest BCUT2D eigenvalue weighted by molar-refractivity contribution is 5.18. The molecule has 0 spiro atoms. The van der Waals surface area contributed by atoms with Gasteiger partial charge in [0.25, 0.3) is 5.56 Å². The van der Waals surface area contributed by atoms with Crippen LogP contribution in [-0.2, 0) is 4.74 Å². The molecule has 2 heterocycles. The number of aromatic amines is 1. The molecule has 20 heavy (non-hydrogen) atoms. The number of H-pyrrole nitrogens is 1. The zero-order chi connectivity index (χ0) is 15.1. The zero-order valence-corrected chi connectivity index (χ0v) is 10.6. The molecule has 0 aliphatic carbocycles. The minimum absolute atomic E-state index is 0.220. The quantitative estimate of drug-likeness (QED) is 0.443. The van der Waals surface area contributed by atoms with Crippen LogP contribution in [0, 0.1) is 19.3 Å². The molecule has 1 aromatic rings. The molecule has 1 unspecified atom stereocenters. The fourth-order valence-electron chi connectivity index (χ4n) is 2.08. The molecule has 0 aromatic carbocycles. The monoisotopic (exact) mass is 282 g/mol. The van der Waals surface area contributed by atoms with Crippen molar-refractivity contribution in [3.63, 3.8) is 0 Å². The predicted molar refractivity (Wildman–Crippen MR) is 66.8 cm³/mol. The number of aromatic nitrogens is 2. The molecule has 0 saturated carbocycles. The van der Waals surface area contributed by atoms with Crippen molar-refractivity contribution in [3.05, 3.63) is 32.6 Å². The van der Waals surface area contributed by atoms with Gasteiger partial charge in [-0.2, -0.15) is 0 Å². The molecule has 0 bridgehead atoms. The smallest absolute Gasteiger partial charge is 0.330 e. The van der Waals surface area contributed by atoms with E-state index >= 15 is 0 Å². The number of aliphatic hydroxyl groups excluding tert-OH is 3. The van der Waals surface area contributed by atoms with Gasteiger partial charge >= 0.3 is 5.69 Å². The van der Waals surface area contributed by atoms with Gasteiger partial charge in [0, 0.05) is 11.8 Å². The summed E-state index contributed by atoms with van der Waals surface area (Å²) in [6, 6.07) is 0. The first-order valence-electron chi connectivity index (χ1n) is 5.81. The molecule has 2 rings (SSSR count). The Morgan fingerprint density at radius 1 is 1.55 bits per heavy atom. The number of hydrogen-bond acceptors (Lipinski definition) is 6. The van der Waals surface area contributed by atoms with E-state index in [4.69, 9.17) is 11.2 Å². The lowest BCUT2D eigenvalue weighted by atomic mass is 9.97. The van der Waals surface area contributed by atoms with Gasteiger partial charge in [-0.25, -0.2) is 4.79 Å². The van der Waals surface area contributed by atoms with Crippen molar-refractivity contribution in [3.8, 4) is 12.3 Å². The van der Waals surface area contributed by atoms with Crippen LogP contribution in [0.3, 0.4) is 0 Å². The van der Waals surface area contributed by atoms with Crippen molar-refractivity contribution in [2.24, 2.45) is 0 Å². The summed E-state index contributed by atoms with van der Waals surface area (Å²) in [4.78, 5) is 25.1. The van der Waals surface area contributed by atoms with E-state index in [1.165, 1.54) is 13.1 Å². The van der Waals surface area contributed by atoms with Gasteiger partial charge in [0.15, 0.2) is 11.8 Å². The van der Waals surface area contributed by atoms with Crippen molar-refractivity contribution in [2.75, 3.05) is 6.61 Å². The van der Waals surface area contributed by atoms with Gasteiger partial charge in [-0.1, -0.05) is 5.92 Å². The molecule has 1 fully saturated rings. The summed E-state index contributed by atoms with van der Waals surface area (Å²) in [5, 5.41) is 29.1. The Morgan fingerprint density at radius 3 is 2.70 bits per heavy atom. The molecule has 1 aliphatic heterocycles. The first-order chi connectivity index (χ1) is 9.36. The fraction of sp³-hybridized carbons (Fsp3) is 0.500. The maximum atomic E-state index is 11.7. The van der Waals surface area contributed by atoms with Crippen LogP contribution in [0.15, 0.2) is 15.8 Å². The van der Waals surface area contributed by atoms with Gasteiger partial charge in [-0.3, -0.25) is 14.3 Å².